The molecule has 0 unspecified atom stereocenters. The molecule has 2 N–H and O–H groups in total. The van der Waals surface area contributed by atoms with E-state index in [9.17, 15) is 0 Å². The lowest BCUT2D eigenvalue weighted by Gasteiger charge is -2.18. The molecule has 0 atom stereocenters. The zero-order valence-corrected chi connectivity index (χ0v) is 18.5. The van der Waals surface area contributed by atoms with Crippen LogP contribution in [0.15, 0.2) is 24.3 Å². The van der Waals surface area contributed by atoms with Gasteiger partial charge in [0, 0.05) is 12.6 Å². The smallest absolute Gasteiger partial charge is 0.224 e. The van der Waals surface area contributed by atoms with Gasteiger partial charge in [-0.2, -0.15) is 4.98 Å². The Morgan fingerprint density at radius 2 is 1.76 bits per heavy atom. The van der Waals surface area contributed by atoms with E-state index < -0.39 is 0 Å². The third-order valence-electron chi connectivity index (χ3n) is 5.54. The number of rotatable bonds is 6. The molecule has 0 amide bonds. The summed E-state index contributed by atoms with van der Waals surface area (Å²) in [7, 11) is 0. The molecule has 0 aliphatic heterocycles. The maximum atomic E-state index is 4.88. The summed E-state index contributed by atoms with van der Waals surface area (Å²) in [6.07, 6.45) is 7.67. The monoisotopic (exact) mass is 409 g/mol. The largest absolute Gasteiger partial charge is 0.367 e. The summed E-state index contributed by atoms with van der Waals surface area (Å²) in [4.78, 5) is 14.5. The Morgan fingerprint density at radius 3 is 2.48 bits per heavy atom. The molecule has 2 fully saturated rings. The normalized spacial score (nSPS) is 16.5. The number of aryl methyl sites for hydroxylation is 1. The van der Waals surface area contributed by atoms with Gasteiger partial charge in [0.05, 0.1) is 21.5 Å². The number of benzene rings is 1. The van der Waals surface area contributed by atoms with Crippen LogP contribution in [-0.2, 0) is 0 Å². The predicted octanol–water partition coefficient (Wildman–Crippen LogP) is 6.26. The Labute approximate surface area is 177 Å². The zero-order chi connectivity index (χ0) is 20.2. The van der Waals surface area contributed by atoms with Crippen LogP contribution in [0.2, 0.25) is 0 Å². The molecule has 29 heavy (non-hydrogen) atoms. The minimum Gasteiger partial charge on any atom is -0.367 e. The Bertz CT molecular complexity index is 924. The predicted molar refractivity (Wildman–Crippen MR) is 124 cm³/mol. The third-order valence-corrected chi connectivity index (χ3v) is 6.59. The van der Waals surface area contributed by atoms with Crippen molar-refractivity contribution in [1.82, 2.24) is 15.0 Å². The van der Waals surface area contributed by atoms with Crippen LogP contribution < -0.4 is 10.6 Å². The molecular formula is C23H31N5S. The quantitative estimate of drug-likeness (QED) is 0.503. The first kappa shape index (κ1) is 20.1. The number of hydrogen-bond acceptors (Lipinski definition) is 6. The van der Waals surface area contributed by atoms with Gasteiger partial charge in [-0.05, 0) is 50.7 Å². The van der Waals surface area contributed by atoms with Gasteiger partial charge in [-0.15, -0.1) is 11.3 Å². The molecule has 0 bridgehead atoms. The zero-order valence-electron chi connectivity index (χ0n) is 17.7. The van der Waals surface area contributed by atoms with E-state index in [-0.39, 0.29) is 0 Å². The number of nitrogens with one attached hydrogen (secondary N) is 2. The van der Waals surface area contributed by atoms with Gasteiger partial charge in [-0.3, -0.25) is 0 Å². The summed E-state index contributed by atoms with van der Waals surface area (Å²) >= 11 is 1.72. The molecule has 0 saturated heterocycles. The van der Waals surface area contributed by atoms with Crippen molar-refractivity contribution in [2.45, 2.75) is 65.3 Å². The highest BCUT2D eigenvalue weighted by Gasteiger charge is 2.24. The SMILES string of the molecule is CC.Cc1nc(NCC2CC2)nc(NC2CCCC2)c1-c1nc2ccccc2s1. The Kier molecular flexibility index (Phi) is 6.28. The van der Waals surface area contributed by atoms with E-state index in [0.717, 1.165) is 46.0 Å². The van der Waals surface area contributed by atoms with Crippen LogP contribution >= 0.6 is 11.3 Å². The first-order valence-corrected chi connectivity index (χ1v) is 11.8. The van der Waals surface area contributed by atoms with Crippen molar-refractivity contribution >= 4 is 33.3 Å². The Balaban J connectivity index is 0.000000994. The fourth-order valence-corrected chi connectivity index (χ4v) is 4.88. The van der Waals surface area contributed by atoms with Gasteiger partial charge in [0.25, 0.3) is 0 Å². The highest BCUT2D eigenvalue weighted by atomic mass is 32.1. The summed E-state index contributed by atoms with van der Waals surface area (Å²) < 4.78 is 1.20. The van der Waals surface area contributed by atoms with Crippen molar-refractivity contribution in [1.29, 1.82) is 0 Å². The fourth-order valence-electron chi connectivity index (χ4n) is 3.81. The highest BCUT2D eigenvalue weighted by Crippen LogP contribution is 2.37. The molecule has 5 nitrogen and oxygen atoms in total. The van der Waals surface area contributed by atoms with E-state index in [0.29, 0.717) is 6.04 Å². The fraction of sp³-hybridized carbons (Fsp3) is 0.522. The number of fused-ring (bicyclic) bond motifs is 1. The molecule has 0 spiro atoms. The van der Waals surface area contributed by atoms with Crippen LogP contribution in [0, 0.1) is 12.8 Å². The Morgan fingerprint density at radius 1 is 1.00 bits per heavy atom. The van der Waals surface area contributed by atoms with E-state index in [1.54, 1.807) is 11.3 Å². The van der Waals surface area contributed by atoms with Crippen molar-refractivity contribution in [3.05, 3.63) is 30.0 Å². The van der Waals surface area contributed by atoms with Crippen LogP contribution in [0.1, 0.15) is 58.1 Å². The average molecular weight is 410 g/mol. The molecule has 0 radical (unpaired) electrons. The summed E-state index contributed by atoms with van der Waals surface area (Å²) in [5.41, 5.74) is 3.09. The van der Waals surface area contributed by atoms with Gasteiger partial charge in [-0.25, -0.2) is 9.97 Å². The van der Waals surface area contributed by atoms with Gasteiger partial charge >= 0.3 is 0 Å². The summed E-state index contributed by atoms with van der Waals surface area (Å²) in [6, 6.07) is 8.81. The van der Waals surface area contributed by atoms with E-state index in [1.807, 2.05) is 19.9 Å². The van der Waals surface area contributed by atoms with Gasteiger partial charge in [0.2, 0.25) is 5.95 Å². The maximum absolute atomic E-state index is 4.88. The minimum absolute atomic E-state index is 0.503. The number of para-hydroxylation sites is 1. The molecule has 6 heteroatoms. The lowest BCUT2D eigenvalue weighted by molar-refractivity contribution is 0.749. The number of thiazole rings is 1. The summed E-state index contributed by atoms with van der Waals surface area (Å²) in [5, 5.41) is 8.15. The van der Waals surface area contributed by atoms with Crippen molar-refractivity contribution in [2.75, 3.05) is 17.2 Å². The molecular weight excluding hydrogens is 378 g/mol. The molecule has 2 saturated carbocycles. The molecule has 2 aromatic heterocycles. The molecule has 154 valence electrons. The second-order valence-corrected chi connectivity index (χ2v) is 8.82. The molecule has 2 aliphatic carbocycles. The van der Waals surface area contributed by atoms with Gasteiger partial charge < -0.3 is 10.6 Å². The molecule has 5 rings (SSSR count). The van der Waals surface area contributed by atoms with E-state index in [4.69, 9.17) is 15.0 Å². The lowest BCUT2D eigenvalue weighted by Crippen LogP contribution is -2.18. The number of hydrogen-bond donors (Lipinski definition) is 2. The first-order chi connectivity index (χ1) is 14.3. The third kappa shape index (κ3) is 4.69. The van der Waals surface area contributed by atoms with Crippen molar-refractivity contribution < 1.29 is 0 Å². The summed E-state index contributed by atoms with van der Waals surface area (Å²) in [6.45, 7) is 7.05. The minimum atomic E-state index is 0.503. The van der Waals surface area contributed by atoms with Crippen LogP contribution in [0.25, 0.3) is 20.8 Å². The van der Waals surface area contributed by atoms with Crippen molar-refractivity contribution in [3.8, 4) is 10.6 Å². The lowest BCUT2D eigenvalue weighted by atomic mass is 10.2. The van der Waals surface area contributed by atoms with Gasteiger partial charge in [0.15, 0.2) is 0 Å². The highest BCUT2D eigenvalue weighted by molar-refractivity contribution is 7.21. The molecule has 3 aromatic rings. The van der Waals surface area contributed by atoms with Crippen LogP contribution in [0.5, 0.6) is 0 Å². The molecule has 2 heterocycles. The van der Waals surface area contributed by atoms with Crippen LogP contribution in [0.3, 0.4) is 0 Å². The van der Waals surface area contributed by atoms with E-state index in [1.165, 1.54) is 43.2 Å². The van der Waals surface area contributed by atoms with Crippen molar-refractivity contribution in [3.63, 3.8) is 0 Å². The van der Waals surface area contributed by atoms with Crippen molar-refractivity contribution in [2.24, 2.45) is 5.92 Å². The van der Waals surface area contributed by atoms with Gasteiger partial charge in [-0.1, -0.05) is 38.8 Å². The topological polar surface area (TPSA) is 62.7 Å². The molecule has 1 aromatic carbocycles. The number of nitrogens with zero attached hydrogens (tertiary/aromatic N) is 3. The standard InChI is InChI=1S/C21H25N5S.C2H6/c1-13-18(20-25-16-8-4-5-9-17(16)27-20)19(24-15-6-2-3-7-15)26-21(23-13)22-12-14-10-11-14;1-2/h4-5,8-9,14-15H,2-3,6-7,10-12H2,1H3,(H2,22,23,24,26);1-2H3. The van der Waals surface area contributed by atoms with E-state index >= 15 is 0 Å². The average Bonchev–Trinajstić information content (AvgIpc) is 3.24. The Hall–Kier alpha value is -2.21. The second kappa shape index (κ2) is 9.08. The number of anilines is 2. The van der Waals surface area contributed by atoms with Crippen LogP contribution in [-0.4, -0.2) is 27.5 Å². The van der Waals surface area contributed by atoms with Crippen LogP contribution in [0.4, 0.5) is 11.8 Å². The molecule has 2 aliphatic rings. The first-order valence-electron chi connectivity index (χ1n) is 11.0. The van der Waals surface area contributed by atoms with E-state index in [2.05, 4.69) is 35.8 Å². The van der Waals surface area contributed by atoms with Gasteiger partial charge in [0.1, 0.15) is 10.8 Å². The second-order valence-electron chi connectivity index (χ2n) is 7.79. The number of aromatic nitrogens is 3. The summed E-state index contributed by atoms with van der Waals surface area (Å²) in [5.74, 6) is 2.47. The maximum Gasteiger partial charge on any atom is 0.224 e.